The van der Waals surface area contributed by atoms with Crippen LogP contribution in [0.3, 0.4) is 0 Å². The van der Waals surface area contributed by atoms with Gasteiger partial charge in [0, 0.05) is 50.9 Å². The molecule has 1 amide bonds. The minimum atomic E-state index is 0.269. The van der Waals surface area contributed by atoms with Gasteiger partial charge in [-0.1, -0.05) is 32.0 Å². The zero-order valence-corrected chi connectivity index (χ0v) is 12.5. The smallest absolute Gasteiger partial charge is 0.223 e. The van der Waals surface area contributed by atoms with Crippen molar-refractivity contribution in [3.63, 3.8) is 0 Å². The van der Waals surface area contributed by atoms with Crippen molar-refractivity contribution >= 4 is 11.6 Å². The van der Waals surface area contributed by atoms with Crippen LogP contribution in [0.2, 0.25) is 0 Å². The topological polar surface area (TPSA) is 35.6 Å². The van der Waals surface area contributed by atoms with Crippen molar-refractivity contribution in [2.45, 2.75) is 26.3 Å². The first-order chi connectivity index (χ1) is 9.66. The number of anilines is 1. The van der Waals surface area contributed by atoms with Crippen LogP contribution in [0.15, 0.2) is 30.3 Å². The molecule has 0 radical (unpaired) electrons. The molecule has 0 aliphatic carbocycles. The van der Waals surface area contributed by atoms with Crippen LogP contribution >= 0.6 is 0 Å². The number of amides is 1. The molecule has 1 aliphatic rings. The summed E-state index contributed by atoms with van der Waals surface area (Å²) in [6.45, 7) is 8.48. The van der Waals surface area contributed by atoms with Gasteiger partial charge in [0.1, 0.15) is 0 Å². The highest BCUT2D eigenvalue weighted by molar-refractivity contribution is 5.76. The molecule has 1 N–H and O–H groups in total. The van der Waals surface area contributed by atoms with Gasteiger partial charge in [0.25, 0.3) is 0 Å². The lowest BCUT2D eigenvalue weighted by molar-refractivity contribution is -0.131. The van der Waals surface area contributed by atoms with Crippen molar-refractivity contribution in [3.8, 4) is 0 Å². The van der Waals surface area contributed by atoms with E-state index in [0.29, 0.717) is 12.5 Å². The number of para-hydroxylation sites is 1. The summed E-state index contributed by atoms with van der Waals surface area (Å²) in [6.07, 6.45) is 0.601. The molecule has 1 aromatic carbocycles. The fourth-order valence-electron chi connectivity index (χ4n) is 2.48. The van der Waals surface area contributed by atoms with Gasteiger partial charge < -0.3 is 15.1 Å². The van der Waals surface area contributed by atoms with Gasteiger partial charge in [-0.15, -0.1) is 0 Å². The maximum Gasteiger partial charge on any atom is 0.223 e. The van der Waals surface area contributed by atoms with Crippen molar-refractivity contribution < 1.29 is 4.79 Å². The van der Waals surface area contributed by atoms with Gasteiger partial charge in [0.2, 0.25) is 5.91 Å². The average Bonchev–Trinajstić information content (AvgIpc) is 2.48. The Morgan fingerprint density at radius 2 is 1.80 bits per heavy atom. The normalized spacial score (nSPS) is 15.8. The number of carbonyl (C=O) groups is 1. The van der Waals surface area contributed by atoms with Gasteiger partial charge in [-0.3, -0.25) is 4.79 Å². The molecule has 4 heteroatoms. The van der Waals surface area contributed by atoms with Gasteiger partial charge >= 0.3 is 0 Å². The molecule has 1 heterocycles. The highest BCUT2D eigenvalue weighted by Gasteiger charge is 2.20. The molecule has 1 saturated heterocycles. The molecule has 0 unspecified atom stereocenters. The lowest BCUT2D eigenvalue weighted by Gasteiger charge is -2.36. The van der Waals surface area contributed by atoms with E-state index >= 15 is 0 Å². The lowest BCUT2D eigenvalue weighted by Crippen LogP contribution is -2.49. The second-order valence-corrected chi connectivity index (χ2v) is 5.56. The third-order valence-electron chi connectivity index (χ3n) is 3.65. The maximum atomic E-state index is 12.1. The van der Waals surface area contributed by atoms with Crippen molar-refractivity contribution in [3.05, 3.63) is 30.3 Å². The summed E-state index contributed by atoms with van der Waals surface area (Å²) in [7, 11) is 0. The summed E-state index contributed by atoms with van der Waals surface area (Å²) in [5.41, 5.74) is 1.25. The molecule has 0 atom stereocenters. The first kappa shape index (κ1) is 14.9. The average molecular weight is 275 g/mol. The quantitative estimate of drug-likeness (QED) is 0.889. The van der Waals surface area contributed by atoms with Crippen LogP contribution in [0, 0.1) is 0 Å². The molecule has 0 spiro atoms. The van der Waals surface area contributed by atoms with E-state index in [1.165, 1.54) is 5.69 Å². The summed E-state index contributed by atoms with van der Waals surface area (Å²) in [6, 6.07) is 10.9. The van der Waals surface area contributed by atoms with Crippen molar-refractivity contribution in [1.29, 1.82) is 0 Å². The predicted molar refractivity (Wildman–Crippen MR) is 83.0 cm³/mol. The van der Waals surface area contributed by atoms with Gasteiger partial charge in [-0.25, -0.2) is 0 Å². The molecule has 20 heavy (non-hydrogen) atoms. The van der Waals surface area contributed by atoms with E-state index in [4.69, 9.17) is 0 Å². The van der Waals surface area contributed by atoms with Gasteiger partial charge in [0.05, 0.1) is 0 Å². The third kappa shape index (κ3) is 4.23. The van der Waals surface area contributed by atoms with E-state index < -0.39 is 0 Å². The Hall–Kier alpha value is -1.55. The van der Waals surface area contributed by atoms with E-state index in [2.05, 4.69) is 48.3 Å². The van der Waals surface area contributed by atoms with Gasteiger partial charge in [-0.05, 0) is 12.1 Å². The maximum absolute atomic E-state index is 12.1. The second-order valence-electron chi connectivity index (χ2n) is 5.56. The summed E-state index contributed by atoms with van der Waals surface area (Å²) in [5, 5.41) is 3.29. The highest BCUT2D eigenvalue weighted by atomic mass is 16.2. The third-order valence-corrected chi connectivity index (χ3v) is 3.65. The SMILES string of the molecule is CC(C)NCCC(=O)N1CCN(c2ccccc2)CC1. The molecular weight excluding hydrogens is 250 g/mol. The fourth-order valence-corrected chi connectivity index (χ4v) is 2.48. The standard InChI is InChI=1S/C16H25N3O/c1-14(2)17-9-8-16(20)19-12-10-18(11-13-19)15-6-4-3-5-7-15/h3-7,14,17H,8-13H2,1-2H3. The largest absolute Gasteiger partial charge is 0.368 e. The molecule has 0 aromatic heterocycles. The number of piperazine rings is 1. The van der Waals surface area contributed by atoms with E-state index in [0.717, 1.165) is 32.7 Å². The van der Waals surface area contributed by atoms with E-state index in [1.807, 2.05) is 11.0 Å². The first-order valence-electron chi connectivity index (χ1n) is 7.48. The Morgan fingerprint density at radius 1 is 1.15 bits per heavy atom. The predicted octanol–water partition coefficient (Wildman–Crippen LogP) is 1.72. The van der Waals surface area contributed by atoms with Crippen LogP contribution in [0.25, 0.3) is 0 Å². The molecule has 1 aromatic rings. The number of hydrogen-bond donors (Lipinski definition) is 1. The van der Waals surface area contributed by atoms with Crippen LogP contribution in [0.4, 0.5) is 5.69 Å². The summed E-state index contributed by atoms with van der Waals surface area (Å²) >= 11 is 0. The molecule has 2 rings (SSSR count). The van der Waals surface area contributed by atoms with Crippen molar-refractivity contribution in [2.24, 2.45) is 0 Å². The van der Waals surface area contributed by atoms with Crippen LogP contribution in [0.1, 0.15) is 20.3 Å². The first-order valence-corrected chi connectivity index (χ1v) is 7.48. The molecule has 4 nitrogen and oxygen atoms in total. The monoisotopic (exact) mass is 275 g/mol. The van der Waals surface area contributed by atoms with Crippen LogP contribution in [-0.4, -0.2) is 49.6 Å². The van der Waals surface area contributed by atoms with Crippen molar-refractivity contribution in [1.82, 2.24) is 10.2 Å². The van der Waals surface area contributed by atoms with E-state index in [-0.39, 0.29) is 5.91 Å². The minimum absolute atomic E-state index is 0.269. The van der Waals surface area contributed by atoms with E-state index in [9.17, 15) is 4.79 Å². The molecule has 1 aliphatic heterocycles. The minimum Gasteiger partial charge on any atom is -0.368 e. The molecule has 1 fully saturated rings. The molecule has 0 saturated carbocycles. The van der Waals surface area contributed by atoms with Crippen LogP contribution in [0.5, 0.6) is 0 Å². The number of nitrogens with zero attached hydrogens (tertiary/aromatic N) is 2. The van der Waals surface area contributed by atoms with Gasteiger partial charge in [0.15, 0.2) is 0 Å². The zero-order valence-electron chi connectivity index (χ0n) is 12.5. The Labute approximate surface area is 121 Å². The molecular formula is C16H25N3O. The number of hydrogen-bond acceptors (Lipinski definition) is 3. The Balaban J connectivity index is 1.75. The molecule has 0 bridgehead atoms. The summed E-state index contributed by atoms with van der Waals surface area (Å²) in [5.74, 6) is 0.269. The number of nitrogens with one attached hydrogen (secondary N) is 1. The Morgan fingerprint density at radius 3 is 2.40 bits per heavy atom. The fraction of sp³-hybridized carbons (Fsp3) is 0.562. The van der Waals surface area contributed by atoms with Gasteiger partial charge in [-0.2, -0.15) is 0 Å². The van der Waals surface area contributed by atoms with Crippen LogP contribution < -0.4 is 10.2 Å². The number of benzene rings is 1. The van der Waals surface area contributed by atoms with E-state index in [1.54, 1.807) is 0 Å². The Bertz CT molecular complexity index is 411. The van der Waals surface area contributed by atoms with Crippen LogP contribution in [-0.2, 0) is 4.79 Å². The second kappa shape index (κ2) is 7.29. The summed E-state index contributed by atoms with van der Waals surface area (Å²) in [4.78, 5) is 16.4. The Kier molecular flexibility index (Phi) is 5.41. The number of carbonyl (C=O) groups excluding carboxylic acids is 1. The zero-order chi connectivity index (χ0) is 14.4. The molecule has 110 valence electrons. The number of rotatable bonds is 5. The van der Waals surface area contributed by atoms with Crippen molar-refractivity contribution in [2.75, 3.05) is 37.6 Å². The highest BCUT2D eigenvalue weighted by Crippen LogP contribution is 2.15. The summed E-state index contributed by atoms with van der Waals surface area (Å²) < 4.78 is 0. The lowest BCUT2D eigenvalue weighted by atomic mass is 10.2.